The second-order valence-corrected chi connectivity index (χ2v) is 6.73. The monoisotopic (exact) mass is 368 g/mol. The first-order valence-corrected chi connectivity index (χ1v) is 9.07. The predicted molar refractivity (Wildman–Crippen MR) is 102 cm³/mol. The van der Waals surface area contributed by atoms with Crippen molar-refractivity contribution in [2.24, 2.45) is 0 Å². The second-order valence-electron chi connectivity index (χ2n) is 6.73. The number of esters is 1. The standard InChI is InChI=1S/C22H24O5/c1-14-15(2)22(26)19(16(3)21(14)25)7-5-4-6-8-20(24)27-18-11-9-17(13-23)10-12-18/h9-13H,4-8H2,1-3H3. The summed E-state index contributed by atoms with van der Waals surface area (Å²) in [7, 11) is 0. The molecule has 5 nitrogen and oxygen atoms in total. The van der Waals surface area contributed by atoms with Crippen LogP contribution in [0.4, 0.5) is 0 Å². The maximum atomic E-state index is 12.3. The lowest BCUT2D eigenvalue weighted by molar-refractivity contribution is -0.134. The van der Waals surface area contributed by atoms with Crippen LogP contribution < -0.4 is 4.74 Å². The molecule has 0 aromatic heterocycles. The van der Waals surface area contributed by atoms with E-state index in [-0.39, 0.29) is 24.0 Å². The number of Topliss-reactive ketones (excluding diaryl/α,β-unsaturated/α-hetero) is 2. The minimum absolute atomic E-state index is 0.0391. The van der Waals surface area contributed by atoms with Crippen LogP contribution in [-0.4, -0.2) is 23.8 Å². The Hall–Kier alpha value is -2.82. The Labute approximate surface area is 159 Å². The summed E-state index contributed by atoms with van der Waals surface area (Å²) in [6, 6.07) is 6.35. The van der Waals surface area contributed by atoms with Crippen molar-refractivity contribution in [2.45, 2.75) is 52.9 Å². The first kappa shape index (κ1) is 20.5. The number of hydrogen-bond donors (Lipinski definition) is 0. The lowest BCUT2D eigenvalue weighted by Gasteiger charge is -2.18. The molecule has 1 aliphatic carbocycles. The number of hydrogen-bond acceptors (Lipinski definition) is 5. The topological polar surface area (TPSA) is 77.5 Å². The van der Waals surface area contributed by atoms with E-state index in [2.05, 4.69) is 0 Å². The summed E-state index contributed by atoms with van der Waals surface area (Å²) in [5.74, 6) is -0.00745. The molecule has 0 amide bonds. The van der Waals surface area contributed by atoms with E-state index >= 15 is 0 Å². The molecular formula is C22H24O5. The summed E-state index contributed by atoms with van der Waals surface area (Å²) < 4.78 is 5.22. The molecule has 0 N–H and O–H groups in total. The highest BCUT2D eigenvalue weighted by Gasteiger charge is 2.27. The summed E-state index contributed by atoms with van der Waals surface area (Å²) in [5.41, 5.74) is 2.73. The van der Waals surface area contributed by atoms with Gasteiger partial charge in [-0.05, 0) is 64.3 Å². The molecule has 0 spiro atoms. The van der Waals surface area contributed by atoms with Crippen LogP contribution in [0.15, 0.2) is 46.6 Å². The average Bonchev–Trinajstić information content (AvgIpc) is 2.67. The smallest absolute Gasteiger partial charge is 0.311 e. The summed E-state index contributed by atoms with van der Waals surface area (Å²) in [6.07, 6.45) is 3.69. The van der Waals surface area contributed by atoms with Crippen molar-refractivity contribution < 1.29 is 23.9 Å². The molecule has 1 aromatic carbocycles. The highest BCUT2D eigenvalue weighted by Crippen LogP contribution is 2.27. The number of carbonyl (C=O) groups is 4. The van der Waals surface area contributed by atoms with E-state index < -0.39 is 0 Å². The number of ketones is 2. The van der Waals surface area contributed by atoms with E-state index in [4.69, 9.17) is 4.74 Å². The molecule has 0 saturated heterocycles. The lowest BCUT2D eigenvalue weighted by atomic mass is 9.84. The maximum absolute atomic E-state index is 12.3. The van der Waals surface area contributed by atoms with Crippen LogP contribution in [0.3, 0.4) is 0 Å². The summed E-state index contributed by atoms with van der Waals surface area (Å²) in [4.78, 5) is 46.9. The van der Waals surface area contributed by atoms with E-state index in [1.165, 1.54) is 0 Å². The predicted octanol–water partition coefficient (Wildman–Crippen LogP) is 4.16. The van der Waals surface area contributed by atoms with Gasteiger partial charge in [0, 0.05) is 34.3 Å². The summed E-state index contributed by atoms with van der Waals surface area (Å²) >= 11 is 0. The summed E-state index contributed by atoms with van der Waals surface area (Å²) in [6.45, 7) is 5.09. The van der Waals surface area contributed by atoms with Crippen LogP contribution in [0.5, 0.6) is 5.75 Å². The fraction of sp³-hybridized carbons (Fsp3) is 0.364. The number of ether oxygens (including phenoxy) is 1. The zero-order valence-corrected chi connectivity index (χ0v) is 16.0. The minimum atomic E-state index is -0.331. The van der Waals surface area contributed by atoms with Gasteiger partial charge in [-0.2, -0.15) is 0 Å². The number of aldehydes is 1. The van der Waals surface area contributed by atoms with Gasteiger partial charge in [-0.3, -0.25) is 19.2 Å². The van der Waals surface area contributed by atoms with Crippen LogP contribution in [0.25, 0.3) is 0 Å². The Bertz CT molecular complexity index is 825. The lowest BCUT2D eigenvalue weighted by Crippen LogP contribution is -2.20. The Kier molecular flexibility index (Phi) is 6.99. The SMILES string of the molecule is CC1=C(C)C(=O)C(CCCCCC(=O)Oc2ccc(C=O)cc2)=C(C)C1=O. The van der Waals surface area contributed by atoms with Gasteiger partial charge in [-0.15, -0.1) is 0 Å². The Balaban J connectivity index is 1.75. The van der Waals surface area contributed by atoms with Crippen LogP contribution in [0.1, 0.15) is 63.2 Å². The van der Waals surface area contributed by atoms with E-state index in [1.54, 1.807) is 45.0 Å². The van der Waals surface area contributed by atoms with Crippen molar-refractivity contribution in [3.8, 4) is 5.75 Å². The molecule has 1 aromatic rings. The number of benzene rings is 1. The van der Waals surface area contributed by atoms with E-state index in [0.717, 1.165) is 19.1 Å². The molecule has 0 atom stereocenters. The fourth-order valence-electron chi connectivity index (χ4n) is 3.00. The van der Waals surface area contributed by atoms with Gasteiger partial charge in [0.25, 0.3) is 0 Å². The van der Waals surface area contributed by atoms with E-state index in [1.807, 2.05) is 0 Å². The average molecular weight is 368 g/mol. The van der Waals surface area contributed by atoms with Gasteiger partial charge in [-0.1, -0.05) is 6.42 Å². The molecule has 27 heavy (non-hydrogen) atoms. The molecule has 1 aliphatic rings. The quantitative estimate of drug-likeness (QED) is 0.226. The van der Waals surface area contributed by atoms with E-state index in [0.29, 0.717) is 46.4 Å². The zero-order chi connectivity index (χ0) is 20.0. The summed E-state index contributed by atoms with van der Waals surface area (Å²) in [5, 5.41) is 0. The molecule has 0 saturated carbocycles. The van der Waals surface area contributed by atoms with Gasteiger partial charge < -0.3 is 4.74 Å². The number of allylic oxidation sites excluding steroid dienone is 4. The molecule has 5 heteroatoms. The van der Waals surface area contributed by atoms with Gasteiger partial charge >= 0.3 is 5.97 Å². The van der Waals surface area contributed by atoms with Gasteiger partial charge in [0.1, 0.15) is 12.0 Å². The Morgan fingerprint density at radius 3 is 2.15 bits per heavy atom. The van der Waals surface area contributed by atoms with Crippen LogP contribution in [-0.2, 0) is 14.4 Å². The normalized spacial score (nSPS) is 14.6. The molecule has 0 heterocycles. The Morgan fingerprint density at radius 1 is 0.889 bits per heavy atom. The number of carbonyl (C=O) groups excluding carboxylic acids is 4. The zero-order valence-electron chi connectivity index (χ0n) is 16.0. The maximum Gasteiger partial charge on any atom is 0.311 e. The molecule has 0 fully saturated rings. The molecular weight excluding hydrogens is 344 g/mol. The highest BCUT2D eigenvalue weighted by atomic mass is 16.5. The third-order valence-electron chi connectivity index (χ3n) is 4.87. The first-order chi connectivity index (χ1) is 12.8. The van der Waals surface area contributed by atoms with Crippen molar-refractivity contribution in [1.29, 1.82) is 0 Å². The van der Waals surface area contributed by atoms with Crippen molar-refractivity contribution in [2.75, 3.05) is 0 Å². The van der Waals surface area contributed by atoms with Gasteiger partial charge in [-0.25, -0.2) is 0 Å². The molecule has 0 unspecified atom stereocenters. The number of rotatable bonds is 8. The van der Waals surface area contributed by atoms with Crippen molar-refractivity contribution >= 4 is 23.8 Å². The van der Waals surface area contributed by atoms with Crippen molar-refractivity contribution in [3.63, 3.8) is 0 Å². The second kappa shape index (κ2) is 9.21. The van der Waals surface area contributed by atoms with Gasteiger partial charge in [0.2, 0.25) is 0 Å². The molecule has 142 valence electrons. The van der Waals surface area contributed by atoms with Gasteiger partial charge in [0.05, 0.1) is 0 Å². The Morgan fingerprint density at radius 2 is 1.52 bits per heavy atom. The van der Waals surface area contributed by atoms with Crippen molar-refractivity contribution in [1.82, 2.24) is 0 Å². The first-order valence-electron chi connectivity index (χ1n) is 9.07. The van der Waals surface area contributed by atoms with Crippen LogP contribution >= 0.6 is 0 Å². The molecule has 0 aliphatic heterocycles. The van der Waals surface area contributed by atoms with Crippen molar-refractivity contribution in [3.05, 3.63) is 52.1 Å². The fourth-order valence-corrected chi connectivity index (χ4v) is 3.00. The van der Waals surface area contributed by atoms with E-state index in [9.17, 15) is 19.2 Å². The minimum Gasteiger partial charge on any atom is -0.427 e. The highest BCUT2D eigenvalue weighted by molar-refractivity contribution is 6.24. The third-order valence-corrected chi connectivity index (χ3v) is 4.87. The largest absolute Gasteiger partial charge is 0.427 e. The van der Waals surface area contributed by atoms with Crippen LogP contribution in [0.2, 0.25) is 0 Å². The third kappa shape index (κ3) is 5.09. The molecule has 0 bridgehead atoms. The molecule has 2 rings (SSSR count). The van der Waals surface area contributed by atoms with Crippen LogP contribution in [0, 0.1) is 0 Å². The molecule has 0 radical (unpaired) electrons. The number of unbranched alkanes of at least 4 members (excludes halogenated alkanes) is 2. The van der Waals surface area contributed by atoms with Gasteiger partial charge in [0.15, 0.2) is 11.6 Å².